The van der Waals surface area contributed by atoms with Crippen LogP contribution in [0.4, 0.5) is 4.39 Å². The second-order valence-corrected chi connectivity index (χ2v) is 7.81. The third kappa shape index (κ3) is 4.71. The van der Waals surface area contributed by atoms with Gasteiger partial charge >= 0.3 is 0 Å². The lowest BCUT2D eigenvalue weighted by Crippen LogP contribution is -2.21. The first kappa shape index (κ1) is 20.3. The second kappa shape index (κ2) is 9.20. The van der Waals surface area contributed by atoms with Gasteiger partial charge in [-0.15, -0.1) is 0 Å². The maximum atomic E-state index is 14.2. The summed E-state index contributed by atoms with van der Waals surface area (Å²) < 4.78 is 19.8. The van der Waals surface area contributed by atoms with Crippen LogP contribution in [0.5, 0.6) is 11.5 Å². The number of carbonyl (C=O) groups is 1. The molecule has 0 saturated heterocycles. The van der Waals surface area contributed by atoms with Crippen molar-refractivity contribution in [2.75, 3.05) is 0 Å². The molecule has 3 atom stereocenters. The highest BCUT2D eigenvalue weighted by Crippen LogP contribution is 2.42. The van der Waals surface area contributed by atoms with Crippen LogP contribution in [0.1, 0.15) is 67.8 Å². The third-order valence-electron chi connectivity index (χ3n) is 5.83. The Bertz CT molecular complexity index is 806. The molecule has 5 heteroatoms. The standard InChI is InChI=1S/C23H28FNO3/c1-3-4-16-6-5-15(2)20(13-16)17-7-10-19(11-8-17)28-22-12-9-18(14-21(22)24)23(26)25-27/h7-12,14-16,20,27H,3-6,13H2,1-2H3,(H,25,26). The minimum absolute atomic E-state index is 0.0237. The van der Waals surface area contributed by atoms with Crippen LogP contribution in [-0.4, -0.2) is 11.1 Å². The molecule has 0 radical (unpaired) electrons. The molecule has 2 aromatic carbocycles. The van der Waals surface area contributed by atoms with Crippen LogP contribution in [0.25, 0.3) is 0 Å². The zero-order valence-corrected chi connectivity index (χ0v) is 16.5. The molecule has 3 unspecified atom stereocenters. The highest BCUT2D eigenvalue weighted by molar-refractivity contribution is 5.93. The van der Waals surface area contributed by atoms with Gasteiger partial charge in [-0.1, -0.05) is 45.2 Å². The summed E-state index contributed by atoms with van der Waals surface area (Å²) in [6, 6.07) is 11.7. The molecule has 4 nitrogen and oxygen atoms in total. The topological polar surface area (TPSA) is 58.6 Å². The predicted octanol–water partition coefficient (Wildman–Crippen LogP) is 6.06. The molecular formula is C23H28FNO3. The number of nitrogens with one attached hydrogen (secondary N) is 1. The molecular weight excluding hydrogens is 357 g/mol. The van der Waals surface area contributed by atoms with E-state index in [0.717, 1.165) is 12.0 Å². The summed E-state index contributed by atoms with van der Waals surface area (Å²) in [5.41, 5.74) is 2.82. The van der Waals surface area contributed by atoms with Gasteiger partial charge in [-0.2, -0.15) is 0 Å². The van der Waals surface area contributed by atoms with Crippen molar-refractivity contribution in [3.8, 4) is 11.5 Å². The van der Waals surface area contributed by atoms with Gasteiger partial charge < -0.3 is 4.74 Å². The van der Waals surface area contributed by atoms with Gasteiger partial charge in [-0.3, -0.25) is 10.0 Å². The van der Waals surface area contributed by atoms with E-state index in [1.165, 1.54) is 55.3 Å². The maximum Gasteiger partial charge on any atom is 0.274 e. The smallest absolute Gasteiger partial charge is 0.274 e. The van der Waals surface area contributed by atoms with Crippen LogP contribution in [0.15, 0.2) is 42.5 Å². The monoisotopic (exact) mass is 385 g/mol. The van der Waals surface area contributed by atoms with Crippen molar-refractivity contribution < 1.29 is 19.1 Å². The lowest BCUT2D eigenvalue weighted by atomic mass is 9.71. The fourth-order valence-corrected chi connectivity index (χ4v) is 4.24. The van der Waals surface area contributed by atoms with Crippen LogP contribution in [0.3, 0.4) is 0 Å². The summed E-state index contributed by atoms with van der Waals surface area (Å²) in [6.07, 6.45) is 6.37. The summed E-state index contributed by atoms with van der Waals surface area (Å²) in [4.78, 5) is 11.3. The van der Waals surface area contributed by atoms with E-state index in [0.29, 0.717) is 17.6 Å². The average Bonchev–Trinajstić information content (AvgIpc) is 2.71. The van der Waals surface area contributed by atoms with Gasteiger partial charge in [0.1, 0.15) is 5.75 Å². The molecule has 0 aromatic heterocycles. The van der Waals surface area contributed by atoms with Gasteiger partial charge in [-0.25, -0.2) is 9.87 Å². The Balaban J connectivity index is 1.70. The Hall–Kier alpha value is -2.40. The molecule has 1 fully saturated rings. The molecule has 28 heavy (non-hydrogen) atoms. The van der Waals surface area contributed by atoms with Crippen LogP contribution in [0, 0.1) is 17.7 Å². The zero-order chi connectivity index (χ0) is 20.1. The Morgan fingerprint density at radius 1 is 1.21 bits per heavy atom. The molecule has 1 amide bonds. The lowest BCUT2D eigenvalue weighted by molar-refractivity contribution is 0.0706. The first-order valence-corrected chi connectivity index (χ1v) is 10.0. The molecule has 1 saturated carbocycles. The SMILES string of the molecule is CCCC1CCC(C)C(c2ccc(Oc3ccc(C(=O)NO)cc3F)cc2)C1. The number of hydrogen-bond donors (Lipinski definition) is 2. The highest BCUT2D eigenvalue weighted by atomic mass is 19.1. The Morgan fingerprint density at radius 3 is 2.61 bits per heavy atom. The van der Waals surface area contributed by atoms with Gasteiger partial charge in [0.25, 0.3) is 5.91 Å². The Labute approximate surface area is 165 Å². The van der Waals surface area contributed by atoms with E-state index in [2.05, 4.69) is 26.0 Å². The normalized spacial score (nSPS) is 21.9. The molecule has 2 N–H and O–H groups in total. The maximum absolute atomic E-state index is 14.2. The fraction of sp³-hybridized carbons (Fsp3) is 0.435. The van der Waals surface area contributed by atoms with Gasteiger partial charge in [0.05, 0.1) is 0 Å². The van der Waals surface area contributed by atoms with Crippen molar-refractivity contribution in [1.29, 1.82) is 0 Å². The molecule has 0 bridgehead atoms. The number of benzene rings is 2. The molecule has 0 aliphatic heterocycles. The van der Waals surface area contributed by atoms with E-state index < -0.39 is 11.7 Å². The molecule has 0 spiro atoms. The molecule has 1 aliphatic rings. The third-order valence-corrected chi connectivity index (χ3v) is 5.83. The number of hydrogen-bond acceptors (Lipinski definition) is 3. The van der Waals surface area contributed by atoms with Crippen LogP contribution >= 0.6 is 0 Å². The lowest BCUT2D eigenvalue weighted by Gasteiger charge is -2.34. The van der Waals surface area contributed by atoms with Crippen molar-refractivity contribution in [2.24, 2.45) is 11.8 Å². The van der Waals surface area contributed by atoms with Crippen molar-refractivity contribution in [3.63, 3.8) is 0 Å². The molecule has 2 aromatic rings. The number of rotatable bonds is 6. The highest BCUT2D eigenvalue weighted by Gasteiger charge is 2.28. The Morgan fingerprint density at radius 2 is 1.96 bits per heavy atom. The van der Waals surface area contributed by atoms with E-state index in [-0.39, 0.29) is 11.3 Å². The van der Waals surface area contributed by atoms with E-state index in [1.807, 2.05) is 12.1 Å². The van der Waals surface area contributed by atoms with Crippen LogP contribution in [0.2, 0.25) is 0 Å². The summed E-state index contributed by atoms with van der Waals surface area (Å²) in [7, 11) is 0. The van der Waals surface area contributed by atoms with Gasteiger partial charge in [0, 0.05) is 5.56 Å². The summed E-state index contributed by atoms with van der Waals surface area (Å²) in [6.45, 7) is 4.58. The summed E-state index contributed by atoms with van der Waals surface area (Å²) in [5, 5.41) is 8.63. The first-order chi connectivity index (χ1) is 13.5. The average molecular weight is 385 g/mol. The Kier molecular flexibility index (Phi) is 6.68. The number of ether oxygens (including phenoxy) is 1. The number of amides is 1. The largest absolute Gasteiger partial charge is 0.454 e. The number of carbonyl (C=O) groups excluding carboxylic acids is 1. The van der Waals surface area contributed by atoms with E-state index in [9.17, 15) is 9.18 Å². The number of halogens is 1. The second-order valence-electron chi connectivity index (χ2n) is 7.81. The minimum atomic E-state index is -0.766. The van der Waals surface area contributed by atoms with E-state index in [4.69, 9.17) is 9.94 Å². The quantitative estimate of drug-likeness (QED) is 0.469. The molecule has 1 aliphatic carbocycles. The molecule has 150 valence electrons. The predicted molar refractivity (Wildman–Crippen MR) is 106 cm³/mol. The van der Waals surface area contributed by atoms with Crippen molar-refractivity contribution in [2.45, 2.75) is 51.9 Å². The first-order valence-electron chi connectivity index (χ1n) is 10.0. The van der Waals surface area contributed by atoms with Crippen LogP contribution < -0.4 is 10.2 Å². The van der Waals surface area contributed by atoms with Crippen molar-refractivity contribution in [3.05, 3.63) is 59.4 Å². The van der Waals surface area contributed by atoms with E-state index >= 15 is 0 Å². The van der Waals surface area contributed by atoms with Gasteiger partial charge in [0.2, 0.25) is 0 Å². The van der Waals surface area contributed by atoms with Gasteiger partial charge in [0.15, 0.2) is 11.6 Å². The van der Waals surface area contributed by atoms with E-state index in [1.54, 1.807) is 0 Å². The van der Waals surface area contributed by atoms with Crippen molar-refractivity contribution >= 4 is 5.91 Å². The fourth-order valence-electron chi connectivity index (χ4n) is 4.24. The molecule has 3 rings (SSSR count). The summed E-state index contributed by atoms with van der Waals surface area (Å²) >= 11 is 0. The zero-order valence-electron chi connectivity index (χ0n) is 16.5. The number of hydroxylamine groups is 1. The van der Waals surface area contributed by atoms with Crippen LogP contribution in [-0.2, 0) is 0 Å². The van der Waals surface area contributed by atoms with Crippen molar-refractivity contribution in [1.82, 2.24) is 5.48 Å². The van der Waals surface area contributed by atoms with Gasteiger partial charge in [-0.05, 0) is 66.5 Å². The summed E-state index contributed by atoms with van der Waals surface area (Å²) in [5.74, 6) is 1.21. The molecule has 0 heterocycles. The minimum Gasteiger partial charge on any atom is -0.454 e.